The molecule has 0 amide bonds. The second kappa shape index (κ2) is 5.43. The smallest absolute Gasteiger partial charge is 0.0801 e. The molecule has 1 aromatic carbocycles. The number of thiazole rings is 1. The van der Waals surface area contributed by atoms with Gasteiger partial charge in [-0.2, -0.15) is 0 Å². The Morgan fingerprint density at radius 3 is 2.53 bits per heavy atom. The molecular weight excluding hydrogens is 228 g/mol. The van der Waals surface area contributed by atoms with Crippen molar-refractivity contribution in [3.63, 3.8) is 0 Å². The van der Waals surface area contributed by atoms with Gasteiger partial charge in [-0.05, 0) is 24.5 Å². The van der Waals surface area contributed by atoms with Crippen LogP contribution in [-0.4, -0.2) is 4.98 Å². The number of hydrogen-bond donors (Lipinski definition) is 1. The van der Waals surface area contributed by atoms with Crippen molar-refractivity contribution in [1.82, 2.24) is 4.98 Å². The maximum absolute atomic E-state index is 6.09. The first-order valence-corrected chi connectivity index (χ1v) is 6.86. The Labute approximate surface area is 107 Å². The van der Waals surface area contributed by atoms with Gasteiger partial charge in [-0.1, -0.05) is 37.6 Å². The lowest BCUT2D eigenvalue weighted by Gasteiger charge is -2.11. The quantitative estimate of drug-likeness (QED) is 0.888. The molecule has 0 aliphatic heterocycles. The summed E-state index contributed by atoms with van der Waals surface area (Å²) in [6.07, 6.45) is 2.16. The second-order valence-corrected chi connectivity index (χ2v) is 5.14. The van der Waals surface area contributed by atoms with Gasteiger partial charge in [-0.15, -0.1) is 11.3 Å². The van der Waals surface area contributed by atoms with Gasteiger partial charge in [0.2, 0.25) is 0 Å². The highest BCUT2D eigenvalue weighted by molar-refractivity contribution is 7.13. The molecule has 0 fully saturated rings. The number of nitrogens with zero attached hydrogens (tertiary/aromatic N) is 1. The van der Waals surface area contributed by atoms with Crippen LogP contribution in [-0.2, 0) is 0 Å². The van der Waals surface area contributed by atoms with Crippen LogP contribution in [0.25, 0.3) is 10.4 Å². The van der Waals surface area contributed by atoms with Gasteiger partial charge in [-0.25, -0.2) is 4.98 Å². The number of aryl methyl sites for hydroxylation is 1. The van der Waals surface area contributed by atoms with Crippen molar-refractivity contribution >= 4 is 11.3 Å². The molecule has 0 aliphatic rings. The van der Waals surface area contributed by atoms with Crippen molar-refractivity contribution in [3.8, 4) is 10.4 Å². The van der Waals surface area contributed by atoms with Gasteiger partial charge in [-0.3, -0.25) is 0 Å². The summed E-state index contributed by atoms with van der Waals surface area (Å²) in [4.78, 5) is 5.52. The van der Waals surface area contributed by atoms with Gasteiger partial charge < -0.3 is 5.73 Å². The molecule has 1 heterocycles. The minimum Gasteiger partial charge on any atom is -0.324 e. The van der Waals surface area contributed by atoms with E-state index in [9.17, 15) is 0 Å². The number of hydrogen-bond acceptors (Lipinski definition) is 3. The fraction of sp³-hybridized carbons (Fsp3) is 0.357. The predicted octanol–water partition coefficient (Wildman–Crippen LogP) is 3.92. The Balaban J connectivity index is 2.21. The molecule has 2 aromatic rings. The van der Waals surface area contributed by atoms with Crippen LogP contribution in [0.2, 0.25) is 0 Å². The van der Waals surface area contributed by atoms with Crippen LogP contribution in [0.15, 0.2) is 29.8 Å². The van der Waals surface area contributed by atoms with Crippen molar-refractivity contribution in [2.24, 2.45) is 5.73 Å². The average molecular weight is 246 g/mol. The third kappa shape index (κ3) is 2.73. The Morgan fingerprint density at radius 1 is 1.29 bits per heavy atom. The topological polar surface area (TPSA) is 38.9 Å². The average Bonchev–Trinajstić information content (AvgIpc) is 2.76. The number of aromatic nitrogens is 1. The van der Waals surface area contributed by atoms with Gasteiger partial charge in [0.1, 0.15) is 0 Å². The van der Waals surface area contributed by atoms with Gasteiger partial charge in [0.25, 0.3) is 0 Å². The van der Waals surface area contributed by atoms with E-state index in [2.05, 4.69) is 36.2 Å². The molecule has 0 saturated carbocycles. The van der Waals surface area contributed by atoms with Crippen molar-refractivity contribution < 1.29 is 0 Å². The summed E-state index contributed by atoms with van der Waals surface area (Å²) < 4.78 is 0. The van der Waals surface area contributed by atoms with E-state index < -0.39 is 0 Å². The Kier molecular flexibility index (Phi) is 3.92. The molecule has 1 atom stereocenters. The minimum atomic E-state index is 0.164. The number of nitrogens with two attached hydrogens (primary N) is 1. The van der Waals surface area contributed by atoms with E-state index in [1.54, 1.807) is 11.3 Å². The first kappa shape index (κ1) is 12.3. The third-order valence-corrected chi connectivity index (χ3v) is 3.92. The molecule has 1 unspecified atom stereocenters. The monoisotopic (exact) mass is 246 g/mol. The highest BCUT2D eigenvalue weighted by Gasteiger charge is 2.07. The summed E-state index contributed by atoms with van der Waals surface area (Å²) in [5.41, 5.74) is 11.5. The van der Waals surface area contributed by atoms with Gasteiger partial charge in [0.05, 0.1) is 16.1 Å². The number of benzene rings is 1. The first-order valence-electron chi connectivity index (χ1n) is 5.98. The summed E-state index contributed by atoms with van der Waals surface area (Å²) in [6.45, 7) is 4.21. The zero-order valence-electron chi connectivity index (χ0n) is 10.3. The van der Waals surface area contributed by atoms with E-state index in [0.29, 0.717) is 0 Å². The van der Waals surface area contributed by atoms with Crippen molar-refractivity contribution in [1.29, 1.82) is 0 Å². The van der Waals surface area contributed by atoms with Crippen LogP contribution in [0.3, 0.4) is 0 Å². The standard InChI is InChI=1S/C14H18N2S/c1-3-4-13(15)11-5-7-12(8-6-11)14-10(2)16-9-17-14/h5-9,13H,3-4,15H2,1-2H3. The molecule has 2 N–H and O–H groups in total. The molecular formula is C14H18N2S. The Morgan fingerprint density at radius 2 is 2.00 bits per heavy atom. The van der Waals surface area contributed by atoms with Crippen LogP contribution in [0.5, 0.6) is 0 Å². The van der Waals surface area contributed by atoms with E-state index in [0.717, 1.165) is 18.5 Å². The van der Waals surface area contributed by atoms with E-state index >= 15 is 0 Å². The summed E-state index contributed by atoms with van der Waals surface area (Å²) >= 11 is 1.68. The van der Waals surface area contributed by atoms with Crippen LogP contribution >= 0.6 is 11.3 Å². The summed E-state index contributed by atoms with van der Waals surface area (Å²) in [5, 5.41) is 0. The fourth-order valence-electron chi connectivity index (χ4n) is 1.94. The van der Waals surface area contributed by atoms with Gasteiger partial charge in [0.15, 0.2) is 0 Å². The third-order valence-electron chi connectivity index (χ3n) is 2.95. The summed E-state index contributed by atoms with van der Waals surface area (Å²) in [6, 6.07) is 8.72. The highest BCUT2D eigenvalue weighted by atomic mass is 32.1. The highest BCUT2D eigenvalue weighted by Crippen LogP contribution is 2.28. The van der Waals surface area contributed by atoms with E-state index in [1.165, 1.54) is 16.0 Å². The molecule has 0 radical (unpaired) electrons. The Hall–Kier alpha value is -1.19. The van der Waals surface area contributed by atoms with E-state index in [1.807, 2.05) is 12.4 Å². The molecule has 0 aliphatic carbocycles. The molecule has 3 heteroatoms. The molecule has 0 spiro atoms. The second-order valence-electron chi connectivity index (χ2n) is 4.28. The largest absolute Gasteiger partial charge is 0.324 e. The minimum absolute atomic E-state index is 0.164. The molecule has 17 heavy (non-hydrogen) atoms. The molecule has 2 rings (SSSR count). The fourth-order valence-corrected chi connectivity index (χ4v) is 2.75. The van der Waals surface area contributed by atoms with Crippen molar-refractivity contribution in [2.75, 3.05) is 0 Å². The first-order chi connectivity index (χ1) is 8.22. The van der Waals surface area contributed by atoms with Crippen LogP contribution in [0.4, 0.5) is 0 Å². The SMILES string of the molecule is CCCC(N)c1ccc(-c2scnc2C)cc1. The van der Waals surface area contributed by atoms with Crippen LogP contribution < -0.4 is 5.73 Å². The van der Waals surface area contributed by atoms with Gasteiger partial charge in [0, 0.05) is 6.04 Å². The molecule has 2 nitrogen and oxygen atoms in total. The predicted molar refractivity (Wildman–Crippen MR) is 74.1 cm³/mol. The van der Waals surface area contributed by atoms with Crippen molar-refractivity contribution in [2.45, 2.75) is 32.7 Å². The maximum atomic E-state index is 6.09. The molecule has 90 valence electrons. The lowest BCUT2D eigenvalue weighted by Crippen LogP contribution is -2.09. The lowest BCUT2D eigenvalue weighted by molar-refractivity contribution is 0.638. The van der Waals surface area contributed by atoms with Gasteiger partial charge >= 0.3 is 0 Å². The molecule has 1 aromatic heterocycles. The van der Waals surface area contributed by atoms with Crippen LogP contribution in [0, 0.1) is 6.92 Å². The van der Waals surface area contributed by atoms with Crippen molar-refractivity contribution in [3.05, 3.63) is 41.0 Å². The zero-order chi connectivity index (χ0) is 12.3. The number of rotatable bonds is 4. The van der Waals surface area contributed by atoms with Crippen LogP contribution in [0.1, 0.15) is 37.1 Å². The van der Waals surface area contributed by atoms with E-state index in [-0.39, 0.29) is 6.04 Å². The lowest BCUT2D eigenvalue weighted by atomic mass is 10.0. The normalized spacial score (nSPS) is 12.6. The maximum Gasteiger partial charge on any atom is 0.0801 e. The Bertz CT molecular complexity index is 473. The molecule has 0 saturated heterocycles. The molecule has 0 bridgehead atoms. The zero-order valence-corrected chi connectivity index (χ0v) is 11.1. The summed E-state index contributed by atoms with van der Waals surface area (Å²) in [7, 11) is 0. The van der Waals surface area contributed by atoms with E-state index in [4.69, 9.17) is 5.73 Å². The summed E-state index contributed by atoms with van der Waals surface area (Å²) in [5.74, 6) is 0.